The van der Waals surface area contributed by atoms with Gasteiger partial charge in [0.1, 0.15) is 13.2 Å². The largest absolute Gasteiger partial charge is 0.462 e. The molecule has 0 heterocycles. The molecule has 0 bridgehead atoms. The first-order valence-electron chi connectivity index (χ1n) is 29.3. The van der Waals surface area contributed by atoms with E-state index < -0.39 is 6.10 Å². The lowest BCUT2D eigenvalue weighted by Gasteiger charge is -2.18. The van der Waals surface area contributed by atoms with Crippen molar-refractivity contribution in [3.8, 4) is 0 Å². The van der Waals surface area contributed by atoms with Gasteiger partial charge < -0.3 is 14.2 Å². The highest BCUT2D eigenvalue weighted by molar-refractivity contribution is 5.71. The van der Waals surface area contributed by atoms with Crippen molar-refractivity contribution in [2.45, 2.75) is 303 Å². The first kappa shape index (κ1) is 65.1. The minimum atomic E-state index is -0.781. The summed E-state index contributed by atoms with van der Waals surface area (Å²) in [5, 5.41) is 0. The first-order chi connectivity index (χ1) is 33.5. The van der Waals surface area contributed by atoms with Crippen LogP contribution in [-0.4, -0.2) is 37.2 Å². The van der Waals surface area contributed by atoms with E-state index in [4.69, 9.17) is 14.2 Å². The zero-order valence-electron chi connectivity index (χ0n) is 45.1. The van der Waals surface area contributed by atoms with Gasteiger partial charge in [-0.2, -0.15) is 0 Å². The van der Waals surface area contributed by atoms with Crippen molar-refractivity contribution in [3.05, 3.63) is 60.8 Å². The highest BCUT2D eigenvalue weighted by atomic mass is 16.6. The molecule has 0 aromatic rings. The van der Waals surface area contributed by atoms with E-state index in [0.29, 0.717) is 19.3 Å². The molecule has 0 saturated carbocycles. The molecular weight excluding hydrogens is 841 g/mol. The minimum absolute atomic E-state index is 0.0779. The van der Waals surface area contributed by atoms with Crippen molar-refractivity contribution in [1.29, 1.82) is 0 Å². The smallest absolute Gasteiger partial charge is 0.306 e. The highest BCUT2D eigenvalue weighted by Crippen LogP contribution is 2.16. The average Bonchev–Trinajstić information content (AvgIpc) is 3.34. The Kier molecular flexibility index (Phi) is 54.3. The Morgan fingerprint density at radius 2 is 0.574 bits per heavy atom. The summed E-state index contributed by atoms with van der Waals surface area (Å²) < 4.78 is 16.9. The van der Waals surface area contributed by atoms with Crippen molar-refractivity contribution in [2.75, 3.05) is 13.2 Å². The number of rotatable bonds is 53. The van der Waals surface area contributed by atoms with E-state index in [1.165, 1.54) is 167 Å². The van der Waals surface area contributed by atoms with Gasteiger partial charge in [-0.25, -0.2) is 0 Å². The number of ether oxygens (including phenoxy) is 3. The summed E-state index contributed by atoms with van der Waals surface area (Å²) in [4.78, 5) is 38.2. The molecule has 6 heteroatoms. The molecule has 0 rings (SSSR count). The van der Waals surface area contributed by atoms with Crippen molar-refractivity contribution in [1.82, 2.24) is 0 Å². The van der Waals surface area contributed by atoms with Crippen LogP contribution in [0.4, 0.5) is 0 Å². The molecule has 0 aliphatic rings. The van der Waals surface area contributed by atoms with Gasteiger partial charge >= 0.3 is 17.9 Å². The van der Waals surface area contributed by atoms with E-state index in [1.54, 1.807) is 0 Å². The summed E-state index contributed by atoms with van der Waals surface area (Å²) in [5.41, 5.74) is 0. The van der Waals surface area contributed by atoms with E-state index >= 15 is 0 Å². The van der Waals surface area contributed by atoms with Crippen LogP contribution in [0.25, 0.3) is 0 Å². The number of unbranched alkanes of at least 4 members (excludes halogenated alkanes) is 32. The maximum absolute atomic E-state index is 12.9. The lowest BCUT2D eigenvalue weighted by atomic mass is 10.0. The number of carbonyl (C=O) groups excluding carboxylic acids is 3. The van der Waals surface area contributed by atoms with Crippen molar-refractivity contribution in [2.24, 2.45) is 0 Å². The van der Waals surface area contributed by atoms with Gasteiger partial charge in [-0.05, 0) is 83.5 Å². The van der Waals surface area contributed by atoms with Gasteiger partial charge in [0.2, 0.25) is 0 Å². The molecule has 0 spiro atoms. The Bertz CT molecular complexity index is 1230. The predicted molar refractivity (Wildman–Crippen MR) is 293 cm³/mol. The zero-order chi connectivity index (χ0) is 49.3. The molecule has 0 aromatic heterocycles. The van der Waals surface area contributed by atoms with Gasteiger partial charge in [-0.1, -0.05) is 255 Å². The Hall–Kier alpha value is -2.89. The second-order valence-electron chi connectivity index (χ2n) is 19.5. The quantitative estimate of drug-likeness (QED) is 0.0262. The van der Waals surface area contributed by atoms with Crippen LogP contribution < -0.4 is 0 Å². The number of esters is 3. The normalized spacial score (nSPS) is 12.5. The molecule has 68 heavy (non-hydrogen) atoms. The SMILES string of the molecule is CC/C=C\C/C=C\C/C=C\C/C=C\CCCCCCCCC(=O)OCC(COC(=O)CCCCCCCCCCCCCCC)OC(=O)CCCCCCCCC/C=C\CCCCCCCCC. The van der Waals surface area contributed by atoms with Crippen LogP contribution in [0.5, 0.6) is 0 Å². The lowest BCUT2D eigenvalue weighted by Crippen LogP contribution is -2.30. The number of allylic oxidation sites excluding steroid dienone is 10. The molecule has 0 fully saturated rings. The fourth-order valence-electron chi connectivity index (χ4n) is 8.37. The topological polar surface area (TPSA) is 78.9 Å². The van der Waals surface area contributed by atoms with Gasteiger partial charge in [0, 0.05) is 19.3 Å². The second-order valence-corrected chi connectivity index (χ2v) is 19.5. The Morgan fingerprint density at radius 1 is 0.309 bits per heavy atom. The van der Waals surface area contributed by atoms with Crippen LogP contribution in [0.3, 0.4) is 0 Å². The van der Waals surface area contributed by atoms with Gasteiger partial charge in [-0.15, -0.1) is 0 Å². The Labute approximate surface area is 421 Å². The van der Waals surface area contributed by atoms with E-state index in [0.717, 1.165) is 89.9 Å². The van der Waals surface area contributed by atoms with Gasteiger partial charge in [0.15, 0.2) is 6.10 Å². The molecule has 0 radical (unpaired) electrons. The predicted octanol–water partition coefficient (Wildman–Crippen LogP) is 19.6. The van der Waals surface area contributed by atoms with Crippen molar-refractivity contribution >= 4 is 17.9 Å². The maximum Gasteiger partial charge on any atom is 0.306 e. The molecule has 0 aromatic carbocycles. The van der Waals surface area contributed by atoms with Gasteiger partial charge in [-0.3, -0.25) is 14.4 Å². The summed E-state index contributed by atoms with van der Waals surface area (Å²) >= 11 is 0. The lowest BCUT2D eigenvalue weighted by molar-refractivity contribution is -0.167. The second kappa shape index (κ2) is 56.7. The van der Waals surface area contributed by atoms with Gasteiger partial charge in [0.05, 0.1) is 0 Å². The summed E-state index contributed by atoms with van der Waals surface area (Å²) in [6, 6.07) is 0. The maximum atomic E-state index is 12.9. The molecule has 0 saturated heterocycles. The van der Waals surface area contributed by atoms with E-state index in [-0.39, 0.29) is 31.1 Å². The number of hydrogen-bond donors (Lipinski definition) is 0. The summed E-state index contributed by atoms with van der Waals surface area (Å²) in [6.07, 6.45) is 70.6. The fourth-order valence-corrected chi connectivity index (χ4v) is 8.37. The fraction of sp³-hybridized carbons (Fsp3) is 0.790. The molecule has 0 N–H and O–H groups in total. The van der Waals surface area contributed by atoms with E-state index in [9.17, 15) is 14.4 Å². The molecule has 1 atom stereocenters. The molecule has 0 aliphatic heterocycles. The van der Waals surface area contributed by atoms with Crippen LogP contribution in [0.2, 0.25) is 0 Å². The molecular formula is C62H110O6. The average molecular weight is 952 g/mol. The molecule has 1 unspecified atom stereocenters. The zero-order valence-corrected chi connectivity index (χ0v) is 45.1. The molecule has 0 aliphatic carbocycles. The first-order valence-corrected chi connectivity index (χ1v) is 29.3. The third kappa shape index (κ3) is 54.1. The molecule has 394 valence electrons. The summed E-state index contributed by atoms with van der Waals surface area (Å²) in [7, 11) is 0. The van der Waals surface area contributed by atoms with E-state index in [1.807, 2.05) is 0 Å². The third-order valence-electron chi connectivity index (χ3n) is 12.8. The number of carbonyl (C=O) groups is 3. The highest BCUT2D eigenvalue weighted by Gasteiger charge is 2.19. The van der Waals surface area contributed by atoms with Crippen molar-refractivity contribution < 1.29 is 28.6 Å². The monoisotopic (exact) mass is 951 g/mol. The van der Waals surface area contributed by atoms with E-state index in [2.05, 4.69) is 81.5 Å². The summed E-state index contributed by atoms with van der Waals surface area (Å²) in [5.74, 6) is -0.884. The van der Waals surface area contributed by atoms with Crippen LogP contribution in [0, 0.1) is 0 Å². The van der Waals surface area contributed by atoms with Gasteiger partial charge in [0.25, 0.3) is 0 Å². The Balaban J connectivity index is 4.38. The Morgan fingerprint density at radius 3 is 0.912 bits per heavy atom. The van der Waals surface area contributed by atoms with Crippen LogP contribution in [0.1, 0.15) is 297 Å². The minimum Gasteiger partial charge on any atom is -0.462 e. The van der Waals surface area contributed by atoms with Crippen LogP contribution in [-0.2, 0) is 28.6 Å². The summed E-state index contributed by atoms with van der Waals surface area (Å²) in [6.45, 7) is 6.54. The van der Waals surface area contributed by atoms with Crippen LogP contribution >= 0.6 is 0 Å². The van der Waals surface area contributed by atoms with Crippen molar-refractivity contribution in [3.63, 3.8) is 0 Å². The molecule has 6 nitrogen and oxygen atoms in total. The number of hydrogen-bond acceptors (Lipinski definition) is 6. The third-order valence-corrected chi connectivity index (χ3v) is 12.8. The molecule has 0 amide bonds. The van der Waals surface area contributed by atoms with Crippen LogP contribution in [0.15, 0.2) is 60.8 Å². The standard InChI is InChI=1S/C62H110O6/c1-4-7-10-13-16-19-22-25-27-29-31-33-34-37-40-43-46-49-52-55-61(64)67-58-59(57-66-60(63)54-51-48-45-42-39-36-24-21-18-15-12-9-6-3)68-62(65)56-53-50-47-44-41-38-35-32-30-28-26-23-20-17-14-11-8-5-2/h7,10,16,19,25,27-28,30-31,33,59H,4-6,8-9,11-15,17-18,20-24,26,29,32,34-58H2,1-3H3/b10-7-,19-16-,27-25-,30-28-,33-31-.